The number of aryl methyl sites for hydroxylation is 1. The molecule has 0 radical (unpaired) electrons. The first-order chi connectivity index (χ1) is 9.52. The molecule has 1 unspecified atom stereocenters. The largest absolute Gasteiger partial charge is 0.395 e. The highest BCUT2D eigenvalue weighted by Gasteiger charge is 2.18. The van der Waals surface area contributed by atoms with E-state index in [9.17, 15) is 9.18 Å². The van der Waals surface area contributed by atoms with Gasteiger partial charge >= 0.3 is 0 Å². The predicted octanol–water partition coefficient (Wildman–Crippen LogP) is 2.18. The van der Waals surface area contributed by atoms with E-state index in [-0.39, 0.29) is 23.5 Å². The molecule has 5 nitrogen and oxygen atoms in total. The van der Waals surface area contributed by atoms with Crippen molar-refractivity contribution in [3.05, 3.63) is 47.0 Å². The van der Waals surface area contributed by atoms with Crippen LogP contribution in [0.1, 0.15) is 41.6 Å². The van der Waals surface area contributed by atoms with E-state index in [4.69, 9.17) is 5.73 Å². The van der Waals surface area contributed by atoms with Crippen LogP contribution in [0.3, 0.4) is 0 Å². The van der Waals surface area contributed by atoms with Crippen molar-refractivity contribution in [2.24, 2.45) is 0 Å². The fourth-order valence-corrected chi connectivity index (χ4v) is 1.93. The third-order valence-corrected chi connectivity index (χ3v) is 3.17. The highest BCUT2D eigenvalue weighted by molar-refractivity contribution is 5.97. The molecule has 1 aromatic heterocycles. The van der Waals surface area contributed by atoms with Crippen molar-refractivity contribution in [3.63, 3.8) is 0 Å². The van der Waals surface area contributed by atoms with E-state index in [1.165, 1.54) is 12.1 Å². The average molecular weight is 276 g/mol. The Bertz CT molecular complexity index is 606. The molecule has 1 aromatic carbocycles. The standard InChI is InChI=1S/C14H17FN4O/c1-3-11-12(16)13(19-18-11)14(20)17-8(2)9-4-6-10(15)7-5-9/h4-8H,3,16H2,1-2H3,(H,17,20)(H,18,19). The van der Waals surface area contributed by atoms with Gasteiger partial charge in [-0.2, -0.15) is 5.10 Å². The van der Waals surface area contributed by atoms with Gasteiger partial charge in [-0.15, -0.1) is 0 Å². The SMILES string of the molecule is CCc1[nH]nc(C(=O)NC(C)c2ccc(F)cc2)c1N. The van der Waals surface area contributed by atoms with Gasteiger partial charge in [0.15, 0.2) is 5.69 Å². The van der Waals surface area contributed by atoms with Gasteiger partial charge in [-0.3, -0.25) is 9.89 Å². The molecule has 1 amide bonds. The predicted molar refractivity (Wildman–Crippen MR) is 74.7 cm³/mol. The molecule has 0 fully saturated rings. The van der Waals surface area contributed by atoms with E-state index in [1.807, 2.05) is 13.8 Å². The van der Waals surface area contributed by atoms with Crippen molar-refractivity contribution < 1.29 is 9.18 Å². The van der Waals surface area contributed by atoms with Gasteiger partial charge in [-0.25, -0.2) is 4.39 Å². The van der Waals surface area contributed by atoms with Gasteiger partial charge < -0.3 is 11.1 Å². The molecule has 0 aliphatic heterocycles. The number of nitrogens with one attached hydrogen (secondary N) is 2. The summed E-state index contributed by atoms with van der Waals surface area (Å²) >= 11 is 0. The smallest absolute Gasteiger partial charge is 0.274 e. The number of nitrogens with two attached hydrogens (primary N) is 1. The number of amides is 1. The Morgan fingerprint density at radius 2 is 2.10 bits per heavy atom. The maximum Gasteiger partial charge on any atom is 0.274 e. The quantitative estimate of drug-likeness (QED) is 0.800. The summed E-state index contributed by atoms with van der Waals surface area (Å²) in [6.45, 7) is 3.74. The number of nitrogens with zero attached hydrogens (tertiary/aromatic N) is 1. The number of benzene rings is 1. The molecule has 0 aliphatic carbocycles. The van der Waals surface area contributed by atoms with Crippen LogP contribution in [0.4, 0.5) is 10.1 Å². The lowest BCUT2D eigenvalue weighted by atomic mass is 10.1. The minimum Gasteiger partial charge on any atom is -0.395 e. The summed E-state index contributed by atoms with van der Waals surface area (Å²) in [6.07, 6.45) is 0.680. The van der Waals surface area contributed by atoms with Gasteiger partial charge in [0.2, 0.25) is 0 Å². The molecule has 0 bridgehead atoms. The first-order valence-electron chi connectivity index (χ1n) is 6.42. The maximum atomic E-state index is 12.9. The fourth-order valence-electron chi connectivity index (χ4n) is 1.93. The van der Waals surface area contributed by atoms with Crippen molar-refractivity contribution in [1.29, 1.82) is 0 Å². The van der Waals surface area contributed by atoms with Crippen LogP contribution in [-0.2, 0) is 6.42 Å². The van der Waals surface area contributed by atoms with Crippen molar-refractivity contribution >= 4 is 11.6 Å². The second-order valence-corrected chi connectivity index (χ2v) is 4.56. The Morgan fingerprint density at radius 1 is 1.45 bits per heavy atom. The van der Waals surface area contributed by atoms with Crippen LogP contribution in [0.15, 0.2) is 24.3 Å². The number of hydrogen-bond acceptors (Lipinski definition) is 3. The van der Waals surface area contributed by atoms with E-state index >= 15 is 0 Å². The third-order valence-electron chi connectivity index (χ3n) is 3.17. The van der Waals surface area contributed by atoms with E-state index < -0.39 is 0 Å². The molecule has 106 valence electrons. The Labute approximate surface area is 116 Å². The zero-order valence-corrected chi connectivity index (χ0v) is 11.4. The van der Waals surface area contributed by atoms with Gasteiger partial charge in [-0.05, 0) is 31.0 Å². The first kappa shape index (κ1) is 14.0. The molecular weight excluding hydrogens is 259 g/mol. The Hall–Kier alpha value is -2.37. The molecule has 0 aliphatic rings. The normalized spacial score (nSPS) is 12.2. The number of rotatable bonds is 4. The monoisotopic (exact) mass is 276 g/mol. The fraction of sp³-hybridized carbons (Fsp3) is 0.286. The minimum absolute atomic E-state index is 0.191. The number of nitrogen functional groups attached to an aromatic ring is 1. The molecule has 0 saturated heterocycles. The van der Waals surface area contributed by atoms with Crippen molar-refractivity contribution in [2.75, 3.05) is 5.73 Å². The lowest BCUT2D eigenvalue weighted by Crippen LogP contribution is -2.27. The summed E-state index contributed by atoms with van der Waals surface area (Å²) in [5.74, 6) is -0.660. The van der Waals surface area contributed by atoms with Gasteiger partial charge in [0.25, 0.3) is 5.91 Å². The Morgan fingerprint density at radius 3 is 2.65 bits per heavy atom. The van der Waals surface area contributed by atoms with E-state index in [1.54, 1.807) is 12.1 Å². The zero-order valence-electron chi connectivity index (χ0n) is 11.4. The minimum atomic E-state index is -0.352. The second-order valence-electron chi connectivity index (χ2n) is 4.56. The highest BCUT2D eigenvalue weighted by atomic mass is 19.1. The van der Waals surface area contributed by atoms with E-state index in [2.05, 4.69) is 15.5 Å². The third kappa shape index (κ3) is 2.79. The summed E-state index contributed by atoms with van der Waals surface area (Å²) < 4.78 is 12.9. The average Bonchev–Trinajstić information content (AvgIpc) is 2.80. The lowest BCUT2D eigenvalue weighted by Gasteiger charge is -2.13. The molecule has 2 aromatic rings. The molecule has 2 rings (SSSR count). The maximum absolute atomic E-state index is 12.9. The Kier molecular flexibility index (Phi) is 4.02. The topological polar surface area (TPSA) is 83.8 Å². The Balaban J connectivity index is 2.10. The molecule has 4 N–H and O–H groups in total. The van der Waals surface area contributed by atoms with E-state index in [0.29, 0.717) is 12.1 Å². The number of aromatic amines is 1. The van der Waals surface area contributed by atoms with E-state index in [0.717, 1.165) is 11.3 Å². The van der Waals surface area contributed by atoms with Crippen molar-refractivity contribution in [3.8, 4) is 0 Å². The van der Waals surface area contributed by atoms with Crippen LogP contribution < -0.4 is 11.1 Å². The number of aromatic nitrogens is 2. The van der Waals surface area contributed by atoms with Crippen LogP contribution in [0, 0.1) is 5.82 Å². The summed E-state index contributed by atoms with van der Waals surface area (Å²) in [4.78, 5) is 12.1. The molecule has 0 saturated carbocycles. The number of halogens is 1. The lowest BCUT2D eigenvalue weighted by molar-refractivity contribution is 0.0935. The van der Waals surface area contributed by atoms with Crippen LogP contribution in [0.25, 0.3) is 0 Å². The summed E-state index contributed by atoms with van der Waals surface area (Å²) in [6, 6.07) is 5.72. The summed E-state index contributed by atoms with van der Waals surface area (Å²) in [7, 11) is 0. The number of carbonyl (C=O) groups is 1. The first-order valence-corrected chi connectivity index (χ1v) is 6.42. The molecule has 1 atom stereocenters. The second kappa shape index (κ2) is 5.73. The van der Waals surface area contributed by atoms with Gasteiger partial charge in [0, 0.05) is 0 Å². The number of carbonyl (C=O) groups excluding carboxylic acids is 1. The highest BCUT2D eigenvalue weighted by Crippen LogP contribution is 2.17. The van der Waals surface area contributed by atoms with Gasteiger partial charge in [-0.1, -0.05) is 19.1 Å². The molecule has 0 spiro atoms. The van der Waals surface area contributed by atoms with Crippen molar-refractivity contribution in [2.45, 2.75) is 26.3 Å². The van der Waals surface area contributed by atoms with Crippen LogP contribution >= 0.6 is 0 Å². The molecule has 20 heavy (non-hydrogen) atoms. The van der Waals surface area contributed by atoms with Gasteiger partial charge in [0.05, 0.1) is 17.4 Å². The van der Waals surface area contributed by atoms with Crippen LogP contribution in [0.5, 0.6) is 0 Å². The van der Waals surface area contributed by atoms with Crippen molar-refractivity contribution in [1.82, 2.24) is 15.5 Å². The van der Waals surface area contributed by atoms with Crippen LogP contribution in [-0.4, -0.2) is 16.1 Å². The summed E-state index contributed by atoms with van der Waals surface area (Å²) in [5, 5.41) is 9.45. The van der Waals surface area contributed by atoms with Crippen LogP contribution in [0.2, 0.25) is 0 Å². The number of H-pyrrole nitrogens is 1. The molecule has 1 heterocycles. The molecule has 6 heteroatoms. The zero-order chi connectivity index (χ0) is 14.7. The summed E-state index contributed by atoms with van der Waals surface area (Å²) in [5.41, 5.74) is 7.96. The number of hydrogen-bond donors (Lipinski definition) is 3. The van der Waals surface area contributed by atoms with Gasteiger partial charge in [0.1, 0.15) is 5.82 Å². The number of anilines is 1. The molecular formula is C14H17FN4O.